The van der Waals surface area contributed by atoms with E-state index < -0.39 is 11.5 Å². The molecule has 0 radical (unpaired) electrons. The van der Waals surface area contributed by atoms with Gasteiger partial charge in [0.1, 0.15) is 34.5 Å². The summed E-state index contributed by atoms with van der Waals surface area (Å²) in [5.74, 6) is -1.63. The molecule has 12 heteroatoms. The van der Waals surface area contributed by atoms with Gasteiger partial charge in [0.25, 0.3) is 0 Å². The third-order valence-electron chi connectivity index (χ3n) is 6.40. The highest BCUT2D eigenvalue weighted by Gasteiger charge is 2.17. The Morgan fingerprint density at radius 2 is 1.02 bits per heavy atom. The number of hydrogen-bond donors (Lipinski definition) is 7. The van der Waals surface area contributed by atoms with E-state index in [4.69, 9.17) is 51.1 Å². The van der Waals surface area contributed by atoms with Gasteiger partial charge in [-0.15, -0.1) is 0 Å². The zero-order valence-corrected chi connectivity index (χ0v) is 25.8. The quantitative estimate of drug-likeness (QED) is 0.0824. The number of phenols is 7. The van der Waals surface area contributed by atoms with E-state index in [9.17, 15) is 35.7 Å². The third kappa shape index (κ3) is 8.51. The van der Waals surface area contributed by atoms with Crippen LogP contribution in [0.15, 0.2) is 76.8 Å². The van der Waals surface area contributed by atoms with Crippen molar-refractivity contribution >= 4 is 46.4 Å². The van der Waals surface area contributed by atoms with Crippen LogP contribution in [0.3, 0.4) is 0 Å². The van der Waals surface area contributed by atoms with Crippen LogP contribution in [0.25, 0.3) is 0 Å². The molecule has 4 rings (SSSR count). The molecular formula is C32H26Cl4O8. The van der Waals surface area contributed by atoms with Crippen LogP contribution in [0.5, 0.6) is 51.7 Å². The molecule has 0 saturated heterocycles. The van der Waals surface area contributed by atoms with Crippen LogP contribution >= 0.6 is 46.4 Å². The van der Waals surface area contributed by atoms with Gasteiger partial charge < -0.3 is 40.5 Å². The molecule has 230 valence electrons. The standard InChI is InChI=1S/C32H26Cl4O8/c33-20(5-16-7-22(37)13-23(38)8-16)4-2-19-12-31(25(36)15-27(19)40)44-32-29(42)9-17(10-30(32)43)6-21(34)3-1-18-11-28(41)24(35)14-26(18)39/h3-4,7-15,37-43H,1-2,5-6H2/b20-4-,21-3-. The first-order chi connectivity index (χ1) is 20.8. The summed E-state index contributed by atoms with van der Waals surface area (Å²) in [5.41, 5.74) is 1.82. The Morgan fingerprint density at radius 1 is 0.545 bits per heavy atom. The van der Waals surface area contributed by atoms with Crippen LogP contribution in [-0.4, -0.2) is 35.7 Å². The smallest absolute Gasteiger partial charge is 0.210 e. The lowest BCUT2D eigenvalue weighted by Crippen LogP contribution is -1.93. The van der Waals surface area contributed by atoms with Crippen molar-refractivity contribution in [2.45, 2.75) is 25.7 Å². The van der Waals surface area contributed by atoms with Gasteiger partial charge in [-0.2, -0.15) is 0 Å². The lowest BCUT2D eigenvalue weighted by molar-refractivity contribution is 0.375. The van der Waals surface area contributed by atoms with E-state index in [0.717, 1.165) is 0 Å². The largest absolute Gasteiger partial charge is 0.508 e. The summed E-state index contributed by atoms with van der Waals surface area (Å²) in [6.45, 7) is 0. The predicted octanol–water partition coefficient (Wildman–Crippen LogP) is 8.54. The predicted molar refractivity (Wildman–Crippen MR) is 170 cm³/mol. The summed E-state index contributed by atoms with van der Waals surface area (Å²) >= 11 is 24.7. The zero-order valence-electron chi connectivity index (χ0n) is 22.7. The second-order valence-corrected chi connectivity index (χ2v) is 11.6. The molecule has 0 fully saturated rings. The molecule has 7 N–H and O–H groups in total. The van der Waals surface area contributed by atoms with Crippen LogP contribution < -0.4 is 4.74 Å². The molecule has 0 aliphatic rings. The molecule has 0 aliphatic heterocycles. The van der Waals surface area contributed by atoms with Crippen molar-refractivity contribution in [3.05, 3.63) is 109 Å². The van der Waals surface area contributed by atoms with E-state index in [1.165, 1.54) is 54.6 Å². The van der Waals surface area contributed by atoms with E-state index >= 15 is 0 Å². The molecule has 0 bridgehead atoms. The number of phenolic OH excluding ortho intramolecular Hbond substituents is 7. The van der Waals surface area contributed by atoms with Gasteiger partial charge in [0.15, 0.2) is 11.5 Å². The van der Waals surface area contributed by atoms with Crippen molar-refractivity contribution in [3.8, 4) is 51.7 Å². The number of halogens is 4. The molecule has 0 unspecified atom stereocenters. The van der Waals surface area contributed by atoms with Gasteiger partial charge >= 0.3 is 0 Å². The maximum Gasteiger partial charge on any atom is 0.210 e. The molecule has 0 aromatic heterocycles. The van der Waals surface area contributed by atoms with E-state index in [-0.39, 0.29) is 76.0 Å². The molecule has 0 atom stereocenters. The fourth-order valence-corrected chi connectivity index (χ4v) is 5.11. The van der Waals surface area contributed by atoms with E-state index in [1.54, 1.807) is 12.2 Å². The lowest BCUT2D eigenvalue weighted by atomic mass is 10.1. The molecule has 4 aromatic carbocycles. The van der Waals surface area contributed by atoms with Crippen LogP contribution in [0.1, 0.15) is 22.3 Å². The minimum atomic E-state index is -0.396. The summed E-state index contributed by atoms with van der Waals surface area (Å²) in [6, 6.07) is 12.1. The second kappa shape index (κ2) is 14.1. The summed E-state index contributed by atoms with van der Waals surface area (Å²) < 4.78 is 5.73. The fraction of sp³-hybridized carbons (Fsp3) is 0.125. The summed E-state index contributed by atoms with van der Waals surface area (Å²) in [7, 11) is 0. The molecule has 0 saturated carbocycles. The molecule has 0 heterocycles. The lowest BCUT2D eigenvalue weighted by Gasteiger charge is -2.14. The fourth-order valence-electron chi connectivity index (χ4n) is 4.29. The normalized spacial score (nSPS) is 12.0. The second-order valence-electron chi connectivity index (χ2n) is 9.83. The first-order valence-electron chi connectivity index (χ1n) is 12.9. The molecule has 0 spiro atoms. The minimum Gasteiger partial charge on any atom is -0.508 e. The number of benzene rings is 4. The zero-order chi connectivity index (χ0) is 32.1. The van der Waals surface area contributed by atoms with E-state index in [2.05, 4.69) is 0 Å². The van der Waals surface area contributed by atoms with Crippen molar-refractivity contribution in [1.82, 2.24) is 0 Å². The monoisotopic (exact) mass is 678 g/mol. The first kappa shape index (κ1) is 32.8. The van der Waals surface area contributed by atoms with Gasteiger partial charge in [-0.1, -0.05) is 58.6 Å². The van der Waals surface area contributed by atoms with Crippen molar-refractivity contribution in [2.75, 3.05) is 0 Å². The van der Waals surface area contributed by atoms with Gasteiger partial charge in [0.2, 0.25) is 5.75 Å². The molecule has 44 heavy (non-hydrogen) atoms. The van der Waals surface area contributed by atoms with Crippen molar-refractivity contribution in [3.63, 3.8) is 0 Å². The SMILES string of the molecule is Oc1cc(O)cc(C/C(Cl)=C/Cc2cc(Oc3c(O)cc(C/C(Cl)=C/Cc4cc(O)c(Cl)cc4O)cc3O)c(Cl)cc2O)c1. The van der Waals surface area contributed by atoms with Gasteiger partial charge in [0, 0.05) is 52.2 Å². The van der Waals surface area contributed by atoms with Crippen LogP contribution in [-0.2, 0) is 25.7 Å². The molecular weight excluding hydrogens is 654 g/mol. The van der Waals surface area contributed by atoms with E-state index in [1.807, 2.05) is 0 Å². The van der Waals surface area contributed by atoms with Crippen LogP contribution in [0.4, 0.5) is 0 Å². The number of aromatic hydroxyl groups is 7. The number of ether oxygens (including phenoxy) is 1. The van der Waals surface area contributed by atoms with Crippen molar-refractivity contribution in [1.29, 1.82) is 0 Å². The molecule has 8 nitrogen and oxygen atoms in total. The number of rotatable bonds is 10. The Labute approximate surface area is 272 Å². The van der Waals surface area contributed by atoms with Gasteiger partial charge in [0.05, 0.1) is 10.0 Å². The van der Waals surface area contributed by atoms with E-state index in [0.29, 0.717) is 32.3 Å². The van der Waals surface area contributed by atoms with Crippen molar-refractivity contribution < 1.29 is 40.5 Å². The van der Waals surface area contributed by atoms with Crippen molar-refractivity contribution in [2.24, 2.45) is 0 Å². The third-order valence-corrected chi connectivity index (χ3v) is 7.57. The maximum absolute atomic E-state index is 10.6. The van der Waals surface area contributed by atoms with Crippen LogP contribution in [0, 0.1) is 0 Å². The summed E-state index contributed by atoms with van der Waals surface area (Å²) in [4.78, 5) is 0. The average Bonchev–Trinajstić information content (AvgIpc) is 2.92. The Bertz CT molecular complexity index is 1720. The van der Waals surface area contributed by atoms with Gasteiger partial charge in [-0.25, -0.2) is 0 Å². The Morgan fingerprint density at radius 3 is 1.57 bits per heavy atom. The first-order valence-corrected chi connectivity index (χ1v) is 14.5. The maximum atomic E-state index is 10.6. The van der Waals surface area contributed by atoms with Crippen LogP contribution in [0.2, 0.25) is 10.0 Å². The average molecular weight is 680 g/mol. The highest BCUT2D eigenvalue weighted by Crippen LogP contribution is 2.44. The summed E-state index contributed by atoms with van der Waals surface area (Å²) in [5, 5.41) is 71.6. The Balaban J connectivity index is 1.47. The van der Waals surface area contributed by atoms with Gasteiger partial charge in [-0.05, 0) is 60.4 Å². The Hall–Kier alpha value is -4.08. The molecule has 0 aliphatic carbocycles. The molecule has 4 aromatic rings. The highest BCUT2D eigenvalue weighted by molar-refractivity contribution is 6.32. The number of allylic oxidation sites excluding steroid dienone is 4. The summed E-state index contributed by atoms with van der Waals surface area (Å²) in [6.07, 6.45) is 3.94. The Kier molecular flexibility index (Phi) is 10.5. The topological polar surface area (TPSA) is 151 Å². The molecule has 0 amide bonds. The minimum absolute atomic E-state index is 0.0157. The number of hydrogen-bond acceptors (Lipinski definition) is 8. The highest BCUT2D eigenvalue weighted by atomic mass is 35.5. The van der Waals surface area contributed by atoms with Gasteiger partial charge in [-0.3, -0.25) is 0 Å².